The summed E-state index contributed by atoms with van der Waals surface area (Å²) < 4.78 is 11.0. The van der Waals surface area contributed by atoms with Gasteiger partial charge in [-0.3, -0.25) is 4.79 Å². The Morgan fingerprint density at radius 3 is 2.52 bits per heavy atom. The van der Waals surface area contributed by atoms with Crippen LogP contribution >= 0.6 is 0 Å². The van der Waals surface area contributed by atoms with Crippen LogP contribution in [0, 0.1) is 0 Å². The van der Waals surface area contributed by atoms with Crippen LogP contribution in [0.15, 0.2) is 48.5 Å². The predicted molar refractivity (Wildman–Crippen MR) is 81.8 cm³/mol. The first kappa shape index (κ1) is 14.9. The molecule has 0 fully saturated rings. The molecule has 1 N–H and O–H groups in total. The predicted octanol–water partition coefficient (Wildman–Crippen LogP) is 3.02. The van der Waals surface area contributed by atoms with E-state index in [1.54, 1.807) is 25.3 Å². The molecule has 4 heteroatoms. The smallest absolute Gasteiger partial charge is 0.251 e. The first-order valence-corrected chi connectivity index (χ1v) is 6.87. The number of methoxy groups -OCH3 is 1. The summed E-state index contributed by atoms with van der Waals surface area (Å²) in [5, 5.41) is 2.76. The van der Waals surface area contributed by atoms with Crippen molar-refractivity contribution in [2.45, 2.75) is 13.5 Å². The van der Waals surface area contributed by atoms with Crippen molar-refractivity contribution in [2.75, 3.05) is 13.7 Å². The van der Waals surface area contributed by atoms with E-state index in [1.165, 1.54) is 0 Å². The molecule has 0 heterocycles. The number of nitrogens with one attached hydrogen (secondary N) is 1. The standard InChI is InChI=1S/C17H19NO3/c1-3-18-17(19)14-9-10-15(16(11-14)20-2)21-12-13-7-5-4-6-8-13/h4-11H,3,12H2,1-2H3,(H,18,19). The molecule has 2 rings (SSSR count). The largest absolute Gasteiger partial charge is 0.493 e. The van der Waals surface area contributed by atoms with E-state index in [0.717, 1.165) is 5.56 Å². The van der Waals surface area contributed by atoms with Crippen molar-refractivity contribution in [3.05, 3.63) is 59.7 Å². The molecule has 0 aliphatic heterocycles. The zero-order valence-corrected chi connectivity index (χ0v) is 12.3. The van der Waals surface area contributed by atoms with Crippen LogP contribution in [0.1, 0.15) is 22.8 Å². The van der Waals surface area contributed by atoms with Crippen LogP contribution in [0.5, 0.6) is 11.5 Å². The molecule has 0 unspecified atom stereocenters. The summed E-state index contributed by atoms with van der Waals surface area (Å²) in [6, 6.07) is 15.1. The van der Waals surface area contributed by atoms with E-state index in [1.807, 2.05) is 37.3 Å². The summed E-state index contributed by atoms with van der Waals surface area (Å²) in [7, 11) is 1.56. The third-order valence-electron chi connectivity index (χ3n) is 3.00. The molecule has 21 heavy (non-hydrogen) atoms. The van der Waals surface area contributed by atoms with Gasteiger partial charge in [-0.05, 0) is 30.7 Å². The lowest BCUT2D eigenvalue weighted by Crippen LogP contribution is -2.22. The third-order valence-corrected chi connectivity index (χ3v) is 3.00. The van der Waals surface area contributed by atoms with E-state index in [-0.39, 0.29) is 5.91 Å². The van der Waals surface area contributed by atoms with Crippen molar-refractivity contribution >= 4 is 5.91 Å². The Labute approximate surface area is 124 Å². The van der Waals surface area contributed by atoms with Gasteiger partial charge in [0, 0.05) is 12.1 Å². The SMILES string of the molecule is CCNC(=O)c1ccc(OCc2ccccc2)c(OC)c1. The minimum absolute atomic E-state index is 0.120. The fraction of sp³-hybridized carbons (Fsp3) is 0.235. The lowest BCUT2D eigenvalue weighted by atomic mass is 10.2. The quantitative estimate of drug-likeness (QED) is 0.887. The zero-order chi connectivity index (χ0) is 15.1. The summed E-state index contributed by atoms with van der Waals surface area (Å²) >= 11 is 0. The van der Waals surface area contributed by atoms with E-state index in [0.29, 0.717) is 30.2 Å². The maximum atomic E-state index is 11.8. The second-order valence-electron chi connectivity index (χ2n) is 4.50. The highest BCUT2D eigenvalue weighted by molar-refractivity contribution is 5.94. The average molecular weight is 285 g/mol. The molecular weight excluding hydrogens is 266 g/mol. The minimum atomic E-state index is -0.120. The first-order chi connectivity index (χ1) is 10.2. The maximum Gasteiger partial charge on any atom is 0.251 e. The fourth-order valence-electron chi connectivity index (χ4n) is 1.93. The van der Waals surface area contributed by atoms with Crippen molar-refractivity contribution in [3.8, 4) is 11.5 Å². The van der Waals surface area contributed by atoms with Crippen LogP contribution in [0.25, 0.3) is 0 Å². The van der Waals surface area contributed by atoms with Crippen LogP contribution in [0.2, 0.25) is 0 Å². The minimum Gasteiger partial charge on any atom is -0.493 e. The summed E-state index contributed by atoms with van der Waals surface area (Å²) in [5.74, 6) is 1.05. The Morgan fingerprint density at radius 1 is 1.10 bits per heavy atom. The van der Waals surface area contributed by atoms with Crippen molar-refractivity contribution in [3.63, 3.8) is 0 Å². The Balaban J connectivity index is 2.11. The molecule has 1 amide bonds. The van der Waals surface area contributed by atoms with Gasteiger partial charge in [0.1, 0.15) is 6.61 Å². The summed E-state index contributed by atoms with van der Waals surface area (Å²) in [5.41, 5.74) is 1.63. The molecule has 0 bridgehead atoms. The number of carbonyl (C=O) groups excluding carboxylic acids is 1. The lowest BCUT2D eigenvalue weighted by Gasteiger charge is -2.12. The molecule has 0 atom stereocenters. The normalized spacial score (nSPS) is 10.0. The van der Waals surface area contributed by atoms with Crippen molar-refractivity contribution in [1.82, 2.24) is 5.32 Å². The molecule has 2 aromatic rings. The zero-order valence-electron chi connectivity index (χ0n) is 12.3. The monoisotopic (exact) mass is 285 g/mol. The van der Waals surface area contributed by atoms with Gasteiger partial charge < -0.3 is 14.8 Å². The Kier molecular flexibility index (Phi) is 5.21. The highest BCUT2D eigenvalue weighted by Gasteiger charge is 2.10. The van der Waals surface area contributed by atoms with Gasteiger partial charge >= 0.3 is 0 Å². The lowest BCUT2D eigenvalue weighted by molar-refractivity contribution is 0.0955. The van der Waals surface area contributed by atoms with Crippen LogP contribution in [-0.2, 0) is 6.61 Å². The molecule has 0 aliphatic carbocycles. The van der Waals surface area contributed by atoms with Gasteiger partial charge in [0.2, 0.25) is 0 Å². The topological polar surface area (TPSA) is 47.6 Å². The summed E-state index contributed by atoms with van der Waals surface area (Å²) in [6.07, 6.45) is 0. The third kappa shape index (κ3) is 3.99. The first-order valence-electron chi connectivity index (χ1n) is 6.87. The number of hydrogen-bond acceptors (Lipinski definition) is 3. The molecular formula is C17H19NO3. The molecule has 0 aromatic heterocycles. The van der Waals surface area contributed by atoms with Crippen LogP contribution < -0.4 is 14.8 Å². The van der Waals surface area contributed by atoms with Gasteiger partial charge in [0.15, 0.2) is 11.5 Å². The molecule has 0 saturated heterocycles. The molecule has 2 aromatic carbocycles. The molecule has 0 radical (unpaired) electrons. The molecule has 0 aliphatic rings. The van der Waals surface area contributed by atoms with E-state index in [9.17, 15) is 4.79 Å². The maximum absolute atomic E-state index is 11.8. The van der Waals surface area contributed by atoms with E-state index in [2.05, 4.69) is 5.32 Å². The Hall–Kier alpha value is -2.49. The van der Waals surface area contributed by atoms with E-state index in [4.69, 9.17) is 9.47 Å². The van der Waals surface area contributed by atoms with E-state index >= 15 is 0 Å². The van der Waals surface area contributed by atoms with Gasteiger partial charge in [0.05, 0.1) is 7.11 Å². The van der Waals surface area contributed by atoms with Crippen LogP contribution in [0.4, 0.5) is 0 Å². The second kappa shape index (κ2) is 7.33. The van der Waals surface area contributed by atoms with E-state index < -0.39 is 0 Å². The number of benzene rings is 2. The number of rotatable bonds is 6. The second-order valence-corrected chi connectivity index (χ2v) is 4.50. The van der Waals surface area contributed by atoms with Crippen LogP contribution in [-0.4, -0.2) is 19.6 Å². The highest BCUT2D eigenvalue weighted by Crippen LogP contribution is 2.28. The van der Waals surface area contributed by atoms with Gasteiger partial charge in [-0.1, -0.05) is 30.3 Å². The van der Waals surface area contributed by atoms with Crippen molar-refractivity contribution in [2.24, 2.45) is 0 Å². The van der Waals surface area contributed by atoms with Gasteiger partial charge in [-0.2, -0.15) is 0 Å². The van der Waals surface area contributed by atoms with Crippen molar-refractivity contribution in [1.29, 1.82) is 0 Å². The molecule has 0 spiro atoms. The number of ether oxygens (including phenoxy) is 2. The van der Waals surface area contributed by atoms with Crippen molar-refractivity contribution < 1.29 is 14.3 Å². The summed E-state index contributed by atoms with van der Waals surface area (Å²) in [6.45, 7) is 2.93. The average Bonchev–Trinajstić information content (AvgIpc) is 2.54. The van der Waals surface area contributed by atoms with Gasteiger partial charge in [-0.25, -0.2) is 0 Å². The van der Waals surface area contributed by atoms with Gasteiger partial charge in [-0.15, -0.1) is 0 Å². The fourth-order valence-corrected chi connectivity index (χ4v) is 1.93. The Morgan fingerprint density at radius 2 is 1.86 bits per heavy atom. The molecule has 0 saturated carbocycles. The molecule has 110 valence electrons. The summed E-state index contributed by atoms with van der Waals surface area (Å²) in [4.78, 5) is 11.8. The van der Waals surface area contributed by atoms with Crippen LogP contribution in [0.3, 0.4) is 0 Å². The number of hydrogen-bond donors (Lipinski definition) is 1. The Bertz CT molecular complexity index is 596. The molecule has 4 nitrogen and oxygen atoms in total. The van der Waals surface area contributed by atoms with Gasteiger partial charge in [0.25, 0.3) is 5.91 Å². The number of amides is 1. The highest BCUT2D eigenvalue weighted by atomic mass is 16.5. The number of carbonyl (C=O) groups is 1.